The topological polar surface area (TPSA) is 44.8 Å². The van der Waals surface area contributed by atoms with Crippen LogP contribution in [0.5, 0.6) is 5.75 Å². The maximum absolute atomic E-state index is 12.7. The van der Waals surface area contributed by atoms with E-state index in [4.69, 9.17) is 16.3 Å². The van der Waals surface area contributed by atoms with Crippen LogP contribution in [0.2, 0.25) is 5.02 Å². The summed E-state index contributed by atoms with van der Waals surface area (Å²) in [6, 6.07) is 13.7. The van der Waals surface area contributed by atoms with E-state index in [0.717, 1.165) is 56.1 Å². The number of methoxy groups -OCH3 is 1. The van der Waals surface area contributed by atoms with Crippen molar-refractivity contribution in [1.82, 2.24) is 9.80 Å². The predicted octanol–water partition coefficient (Wildman–Crippen LogP) is 3.84. The van der Waals surface area contributed by atoms with E-state index in [1.54, 1.807) is 7.11 Å². The van der Waals surface area contributed by atoms with Crippen molar-refractivity contribution in [3.05, 3.63) is 58.6 Å². The number of ether oxygens (including phenoxy) is 1. The average Bonchev–Trinajstić information content (AvgIpc) is 2.75. The highest BCUT2D eigenvalue weighted by atomic mass is 35.5. The SMILES string of the molecule is COc1ccc(CCN2CCN(C(C)C(=O)Nc3cccc(Cl)c3C)CC2)cc1. The maximum Gasteiger partial charge on any atom is 0.241 e. The number of anilines is 1. The summed E-state index contributed by atoms with van der Waals surface area (Å²) in [5, 5.41) is 3.69. The highest BCUT2D eigenvalue weighted by Gasteiger charge is 2.25. The summed E-state index contributed by atoms with van der Waals surface area (Å²) >= 11 is 6.16. The van der Waals surface area contributed by atoms with Crippen LogP contribution in [-0.4, -0.2) is 61.6 Å². The van der Waals surface area contributed by atoms with Crippen molar-refractivity contribution in [3.63, 3.8) is 0 Å². The predicted molar refractivity (Wildman–Crippen MR) is 119 cm³/mol. The Balaban J connectivity index is 1.45. The van der Waals surface area contributed by atoms with E-state index >= 15 is 0 Å². The standard InChI is InChI=1S/C23H30ClN3O2/c1-17-21(24)5-4-6-22(17)25-23(28)18(2)27-15-13-26(14-16-27)12-11-19-7-9-20(29-3)10-8-19/h4-10,18H,11-16H2,1-3H3,(H,25,28). The Hall–Kier alpha value is -2.08. The smallest absolute Gasteiger partial charge is 0.241 e. The van der Waals surface area contributed by atoms with E-state index in [1.165, 1.54) is 5.56 Å². The monoisotopic (exact) mass is 415 g/mol. The molecule has 0 radical (unpaired) electrons. The number of rotatable bonds is 7. The molecule has 3 rings (SSSR count). The molecule has 156 valence electrons. The van der Waals surface area contributed by atoms with Gasteiger partial charge < -0.3 is 15.0 Å². The van der Waals surface area contributed by atoms with E-state index in [1.807, 2.05) is 44.2 Å². The van der Waals surface area contributed by atoms with Crippen molar-refractivity contribution in [2.75, 3.05) is 45.2 Å². The van der Waals surface area contributed by atoms with Gasteiger partial charge in [-0.2, -0.15) is 0 Å². The van der Waals surface area contributed by atoms with Crippen LogP contribution in [0.25, 0.3) is 0 Å². The maximum atomic E-state index is 12.7. The Labute approximate surface area is 178 Å². The quantitative estimate of drug-likeness (QED) is 0.746. The van der Waals surface area contributed by atoms with Gasteiger partial charge in [-0.1, -0.05) is 29.8 Å². The molecule has 1 saturated heterocycles. The van der Waals surface area contributed by atoms with E-state index in [9.17, 15) is 4.79 Å². The normalized spacial score (nSPS) is 16.4. The minimum absolute atomic E-state index is 0.0158. The van der Waals surface area contributed by atoms with Crippen LogP contribution >= 0.6 is 11.6 Å². The van der Waals surface area contributed by atoms with Crippen LogP contribution in [0.3, 0.4) is 0 Å². The van der Waals surface area contributed by atoms with Crippen LogP contribution in [0.4, 0.5) is 5.69 Å². The van der Waals surface area contributed by atoms with Gasteiger partial charge in [-0.3, -0.25) is 9.69 Å². The van der Waals surface area contributed by atoms with Crippen LogP contribution in [-0.2, 0) is 11.2 Å². The van der Waals surface area contributed by atoms with Gasteiger partial charge in [-0.05, 0) is 55.7 Å². The number of nitrogens with zero attached hydrogens (tertiary/aromatic N) is 2. The summed E-state index contributed by atoms with van der Waals surface area (Å²) in [7, 11) is 1.69. The second kappa shape index (κ2) is 10.1. The Morgan fingerprint density at radius 2 is 1.83 bits per heavy atom. The minimum atomic E-state index is -0.169. The molecule has 0 bridgehead atoms. The van der Waals surface area contributed by atoms with E-state index in [0.29, 0.717) is 5.02 Å². The summed E-state index contributed by atoms with van der Waals surface area (Å²) in [5.74, 6) is 0.907. The first kappa shape index (κ1) is 21.6. The van der Waals surface area contributed by atoms with Crippen LogP contribution in [0, 0.1) is 6.92 Å². The molecule has 2 aromatic rings. The zero-order valence-corrected chi connectivity index (χ0v) is 18.2. The first-order chi connectivity index (χ1) is 14.0. The van der Waals surface area contributed by atoms with Crippen molar-refractivity contribution in [2.24, 2.45) is 0 Å². The zero-order chi connectivity index (χ0) is 20.8. The molecule has 1 aliphatic rings. The molecule has 6 heteroatoms. The van der Waals surface area contributed by atoms with Gasteiger partial charge in [-0.25, -0.2) is 0 Å². The van der Waals surface area contributed by atoms with Gasteiger partial charge in [0.1, 0.15) is 5.75 Å². The minimum Gasteiger partial charge on any atom is -0.497 e. The molecule has 2 aromatic carbocycles. The third-order valence-corrected chi connectivity index (χ3v) is 6.14. The molecule has 1 atom stereocenters. The first-order valence-electron chi connectivity index (χ1n) is 10.1. The summed E-state index contributed by atoms with van der Waals surface area (Å²) in [5.41, 5.74) is 3.00. The molecule has 0 spiro atoms. The molecule has 1 unspecified atom stereocenters. The van der Waals surface area contributed by atoms with Gasteiger partial charge in [0.25, 0.3) is 0 Å². The average molecular weight is 416 g/mol. The van der Waals surface area contributed by atoms with E-state index in [2.05, 4.69) is 27.2 Å². The molecule has 1 heterocycles. The number of carbonyl (C=O) groups is 1. The summed E-state index contributed by atoms with van der Waals surface area (Å²) in [6.07, 6.45) is 1.02. The van der Waals surface area contributed by atoms with Crippen molar-refractivity contribution < 1.29 is 9.53 Å². The van der Waals surface area contributed by atoms with Crippen molar-refractivity contribution in [1.29, 1.82) is 0 Å². The molecule has 0 saturated carbocycles. The first-order valence-corrected chi connectivity index (χ1v) is 10.5. The third-order valence-electron chi connectivity index (χ3n) is 5.74. The number of amides is 1. The van der Waals surface area contributed by atoms with Gasteiger partial charge in [-0.15, -0.1) is 0 Å². The number of hydrogen-bond donors (Lipinski definition) is 1. The highest BCUT2D eigenvalue weighted by molar-refractivity contribution is 6.31. The largest absolute Gasteiger partial charge is 0.497 e. The molecule has 1 N–H and O–H groups in total. The lowest BCUT2D eigenvalue weighted by molar-refractivity contribution is -0.121. The Bertz CT molecular complexity index is 817. The lowest BCUT2D eigenvalue weighted by Gasteiger charge is -2.37. The lowest BCUT2D eigenvalue weighted by atomic mass is 10.1. The zero-order valence-electron chi connectivity index (χ0n) is 17.5. The highest BCUT2D eigenvalue weighted by Crippen LogP contribution is 2.23. The fourth-order valence-corrected chi connectivity index (χ4v) is 3.77. The van der Waals surface area contributed by atoms with Crippen molar-refractivity contribution >= 4 is 23.2 Å². The van der Waals surface area contributed by atoms with Gasteiger partial charge >= 0.3 is 0 Å². The van der Waals surface area contributed by atoms with Crippen molar-refractivity contribution in [2.45, 2.75) is 26.3 Å². The number of benzene rings is 2. The van der Waals surface area contributed by atoms with Crippen molar-refractivity contribution in [3.8, 4) is 5.75 Å². The van der Waals surface area contributed by atoms with Gasteiger partial charge in [0.2, 0.25) is 5.91 Å². The Kier molecular flexibility index (Phi) is 7.53. The number of nitrogens with one attached hydrogen (secondary N) is 1. The molecule has 0 aliphatic carbocycles. The molecular formula is C23H30ClN3O2. The molecule has 1 amide bonds. The summed E-state index contributed by atoms with van der Waals surface area (Å²) in [4.78, 5) is 17.4. The van der Waals surface area contributed by atoms with Gasteiger partial charge in [0, 0.05) is 43.4 Å². The van der Waals surface area contributed by atoms with Crippen LogP contribution < -0.4 is 10.1 Å². The molecule has 5 nitrogen and oxygen atoms in total. The number of hydrogen-bond acceptors (Lipinski definition) is 4. The lowest BCUT2D eigenvalue weighted by Crippen LogP contribution is -2.53. The molecule has 1 fully saturated rings. The number of piperazine rings is 1. The Morgan fingerprint density at radius 1 is 1.14 bits per heavy atom. The van der Waals surface area contributed by atoms with Gasteiger partial charge in [0.05, 0.1) is 13.2 Å². The molecule has 1 aliphatic heterocycles. The Morgan fingerprint density at radius 3 is 2.48 bits per heavy atom. The fourth-order valence-electron chi connectivity index (χ4n) is 3.60. The van der Waals surface area contributed by atoms with Crippen LogP contribution in [0.15, 0.2) is 42.5 Å². The van der Waals surface area contributed by atoms with Crippen LogP contribution in [0.1, 0.15) is 18.1 Å². The molecular weight excluding hydrogens is 386 g/mol. The summed E-state index contributed by atoms with van der Waals surface area (Å²) < 4.78 is 5.21. The number of carbonyl (C=O) groups excluding carboxylic acids is 1. The third kappa shape index (κ3) is 5.72. The molecule has 0 aromatic heterocycles. The molecule has 29 heavy (non-hydrogen) atoms. The second-order valence-corrected chi connectivity index (χ2v) is 7.96. The number of halogens is 1. The second-order valence-electron chi connectivity index (χ2n) is 7.55. The van der Waals surface area contributed by atoms with E-state index < -0.39 is 0 Å². The fraction of sp³-hybridized carbons (Fsp3) is 0.435. The van der Waals surface area contributed by atoms with Gasteiger partial charge in [0.15, 0.2) is 0 Å². The summed E-state index contributed by atoms with van der Waals surface area (Å²) in [6.45, 7) is 8.67. The van der Waals surface area contributed by atoms with E-state index in [-0.39, 0.29) is 11.9 Å².